The Kier molecular flexibility index (Phi) is 3.43. The average molecular weight is 238 g/mol. The van der Waals surface area contributed by atoms with E-state index >= 15 is 0 Å². The smallest absolute Gasteiger partial charge is 0.333 e. The number of hydrogen-bond acceptors (Lipinski definition) is 5. The molecule has 1 aliphatic heterocycles. The van der Waals surface area contributed by atoms with Gasteiger partial charge in [-0.25, -0.2) is 0 Å². The number of anilines is 1. The molecule has 1 fully saturated rings. The van der Waals surface area contributed by atoms with Crippen LogP contribution in [0.15, 0.2) is 18.2 Å². The van der Waals surface area contributed by atoms with Gasteiger partial charge in [0.25, 0.3) is 0 Å². The van der Waals surface area contributed by atoms with Crippen LogP contribution in [0.3, 0.4) is 0 Å². The first-order valence-corrected chi connectivity index (χ1v) is 5.38. The van der Waals surface area contributed by atoms with E-state index in [4.69, 9.17) is 9.47 Å². The van der Waals surface area contributed by atoms with Gasteiger partial charge in [-0.15, -0.1) is 0 Å². The maximum Gasteiger partial charge on any atom is 0.333 e. The summed E-state index contributed by atoms with van der Waals surface area (Å²) in [5.41, 5.74) is 0.620. The number of para-hydroxylation sites is 1. The van der Waals surface area contributed by atoms with Crippen LogP contribution in [0.1, 0.15) is 0 Å². The molecule has 0 aromatic heterocycles. The van der Waals surface area contributed by atoms with E-state index in [1.165, 1.54) is 7.11 Å². The molecule has 1 aromatic carbocycles. The third-order valence-corrected chi connectivity index (χ3v) is 2.73. The lowest BCUT2D eigenvalue weighted by molar-refractivity contribution is -0.385. The highest BCUT2D eigenvalue weighted by Crippen LogP contribution is 2.37. The summed E-state index contributed by atoms with van der Waals surface area (Å²) < 4.78 is 10.3. The van der Waals surface area contributed by atoms with E-state index in [0.29, 0.717) is 37.7 Å². The second-order valence-corrected chi connectivity index (χ2v) is 3.68. The molecule has 92 valence electrons. The normalized spacial score (nSPS) is 15.7. The molecule has 0 saturated carbocycles. The van der Waals surface area contributed by atoms with E-state index in [1.807, 2.05) is 4.90 Å². The molecular formula is C11H14N2O4. The highest BCUT2D eigenvalue weighted by molar-refractivity contribution is 5.69. The molecule has 0 radical (unpaired) electrons. The minimum absolute atomic E-state index is 0.0249. The van der Waals surface area contributed by atoms with Gasteiger partial charge in [-0.3, -0.25) is 10.1 Å². The van der Waals surface area contributed by atoms with E-state index in [1.54, 1.807) is 18.2 Å². The molecule has 6 heteroatoms. The van der Waals surface area contributed by atoms with Gasteiger partial charge in [-0.05, 0) is 12.1 Å². The van der Waals surface area contributed by atoms with Crippen molar-refractivity contribution in [3.63, 3.8) is 0 Å². The van der Waals surface area contributed by atoms with Crippen molar-refractivity contribution in [2.75, 3.05) is 38.3 Å². The van der Waals surface area contributed by atoms with Gasteiger partial charge in [-0.2, -0.15) is 0 Å². The fraction of sp³-hybridized carbons (Fsp3) is 0.455. The van der Waals surface area contributed by atoms with Crippen LogP contribution in [0.25, 0.3) is 0 Å². The van der Waals surface area contributed by atoms with Crippen LogP contribution in [0.2, 0.25) is 0 Å². The summed E-state index contributed by atoms with van der Waals surface area (Å²) in [5, 5.41) is 11.1. The fourth-order valence-electron chi connectivity index (χ4n) is 1.92. The van der Waals surface area contributed by atoms with Crippen molar-refractivity contribution in [1.82, 2.24) is 0 Å². The topological polar surface area (TPSA) is 64.8 Å². The summed E-state index contributed by atoms with van der Waals surface area (Å²) in [6.07, 6.45) is 0. The molecule has 0 aliphatic carbocycles. The molecule has 1 heterocycles. The predicted octanol–water partition coefficient (Wildman–Crippen LogP) is 1.44. The number of benzene rings is 1. The molecule has 2 rings (SSSR count). The fourth-order valence-corrected chi connectivity index (χ4v) is 1.92. The van der Waals surface area contributed by atoms with E-state index in [2.05, 4.69) is 0 Å². The molecule has 0 amide bonds. The van der Waals surface area contributed by atoms with Crippen molar-refractivity contribution in [2.24, 2.45) is 0 Å². The van der Waals surface area contributed by atoms with Crippen LogP contribution in [0.4, 0.5) is 11.4 Å². The zero-order chi connectivity index (χ0) is 12.3. The van der Waals surface area contributed by atoms with Crippen molar-refractivity contribution >= 4 is 11.4 Å². The number of nitrogens with zero attached hydrogens (tertiary/aromatic N) is 2. The largest absolute Gasteiger partial charge is 0.490 e. The summed E-state index contributed by atoms with van der Waals surface area (Å²) in [7, 11) is 1.44. The van der Waals surface area contributed by atoms with Gasteiger partial charge in [0.05, 0.1) is 25.2 Å². The first-order chi connectivity index (χ1) is 8.24. The molecule has 6 nitrogen and oxygen atoms in total. The van der Waals surface area contributed by atoms with Gasteiger partial charge >= 0.3 is 5.69 Å². The first-order valence-electron chi connectivity index (χ1n) is 5.38. The Balaban J connectivity index is 2.40. The van der Waals surface area contributed by atoms with Crippen LogP contribution in [-0.2, 0) is 4.74 Å². The van der Waals surface area contributed by atoms with Crippen molar-refractivity contribution in [3.8, 4) is 5.75 Å². The number of methoxy groups -OCH3 is 1. The Hall–Kier alpha value is -1.82. The summed E-state index contributed by atoms with van der Waals surface area (Å²) in [4.78, 5) is 12.7. The van der Waals surface area contributed by atoms with Gasteiger partial charge in [0.15, 0.2) is 5.75 Å². The van der Waals surface area contributed by atoms with Crippen molar-refractivity contribution in [2.45, 2.75) is 0 Å². The molecule has 0 N–H and O–H groups in total. The molecule has 1 aliphatic rings. The zero-order valence-electron chi connectivity index (χ0n) is 9.59. The second kappa shape index (κ2) is 5.01. The molecule has 1 aromatic rings. The molecule has 0 unspecified atom stereocenters. The van der Waals surface area contributed by atoms with Crippen LogP contribution in [0.5, 0.6) is 5.75 Å². The highest BCUT2D eigenvalue weighted by Gasteiger charge is 2.25. The zero-order valence-corrected chi connectivity index (χ0v) is 9.59. The number of hydrogen-bond donors (Lipinski definition) is 0. The summed E-state index contributed by atoms with van der Waals surface area (Å²) >= 11 is 0. The van der Waals surface area contributed by atoms with Gasteiger partial charge in [0, 0.05) is 13.1 Å². The van der Waals surface area contributed by atoms with Gasteiger partial charge in [-0.1, -0.05) is 6.07 Å². The highest BCUT2D eigenvalue weighted by atomic mass is 16.6. The van der Waals surface area contributed by atoms with E-state index < -0.39 is 4.92 Å². The number of morpholine rings is 1. The molecule has 0 atom stereocenters. The SMILES string of the molecule is COc1cccc(N2CCOCC2)c1[N+](=O)[O-]. The molecule has 0 spiro atoms. The maximum absolute atomic E-state index is 11.1. The minimum atomic E-state index is -0.399. The lowest BCUT2D eigenvalue weighted by Gasteiger charge is -2.28. The Morgan fingerprint density at radius 3 is 2.71 bits per heavy atom. The van der Waals surface area contributed by atoms with Gasteiger partial charge < -0.3 is 14.4 Å². The van der Waals surface area contributed by atoms with Crippen LogP contribution in [-0.4, -0.2) is 38.3 Å². The summed E-state index contributed by atoms with van der Waals surface area (Å²) in [5.74, 6) is 0.291. The molecule has 0 bridgehead atoms. The number of ether oxygens (including phenoxy) is 2. The Morgan fingerprint density at radius 2 is 2.12 bits per heavy atom. The van der Waals surface area contributed by atoms with Crippen molar-refractivity contribution in [3.05, 3.63) is 28.3 Å². The maximum atomic E-state index is 11.1. The Morgan fingerprint density at radius 1 is 1.41 bits per heavy atom. The summed E-state index contributed by atoms with van der Waals surface area (Å²) in [6.45, 7) is 2.50. The van der Waals surface area contributed by atoms with Crippen LogP contribution in [0, 0.1) is 10.1 Å². The van der Waals surface area contributed by atoms with E-state index in [9.17, 15) is 10.1 Å². The third-order valence-electron chi connectivity index (χ3n) is 2.73. The van der Waals surface area contributed by atoms with Crippen LogP contribution >= 0.6 is 0 Å². The number of nitro groups is 1. The minimum Gasteiger partial charge on any atom is -0.490 e. The van der Waals surface area contributed by atoms with Crippen LogP contribution < -0.4 is 9.64 Å². The van der Waals surface area contributed by atoms with Crippen molar-refractivity contribution < 1.29 is 14.4 Å². The molecular weight excluding hydrogens is 224 g/mol. The average Bonchev–Trinajstić information content (AvgIpc) is 2.38. The third kappa shape index (κ3) is 2.31. The lowest BCUT2D eigenvalue weighted by Crippen LogP contribution is -2.36. The lowest BCUT2D eigenvalue weighted by atomic mass is 10.2. The standard InChI is InChI=1S/C11H14N2O4/c1-16-10-4-2-3-9(11(10)13(14)15)12-5-7-17-8-6-12/h2-4H,5-8H2,1H3. The van der Waals surface area contributed by atoms with Crippen molar-refractivity contribution in [1.29, 1.82) is 0 Å². The number of rotatable bonds is 3. The summed E-state index contributed by atoms with van der Waals surface area (Å²) in [6, 6.07) is 5.10. The quantitative estimate of drug-likeness (QED) is 0.589. The number of nitro benzene ring substituents is 1. The Bertz CT molecular complexity index is 416. The monoisotopic (exact) mass is 238 g/mol. The predicted molar refractivity (Wildman–Crippen MR) is 62.7 cm³/mol. The molecule has 17 heavy (non-hydrogen) atoms. The second-order valence-electron chi connectivity index (χ2n) is 3.68. The molecule has 1 saturated heterocycles. The van der Waals surface area contributed by atoms with Gasteiger partial charge in [0.2, 0.25) is 0 Å². The Labute approximate surface area is 98.9 Å². The first kappa shape index (κ1) is 11.7. The van der Waals surface area contributed by atoms with E-state index in [0.717, 1.165) is 0 Å². The van der Waals surface area contributed by atoms with E-state index in [-0.39, 0.29) is 5.69 Å². The van der Waals surface area contributed by atoms with Gasteiger partial charge in [0.1, 0.15) is 5.69 Å².